The fraction of sp³-hybridized carbons (Fsp3) is 0.100. The van der Waals surface area contributed by atoms with Gasteiger partial charge in [-0.3, -0.25) is 9.59 Å². The molecule has 0 bridgehead atoms. The van der Waals surface area contributed by atoms with Gasteiger partial charge in [-0.25, -0.2) is 9.97 Å². The number of hydrogen-bond acceptors (Lipinski definition) is 5. The van der Waals surface area contributed by atoms with Crippen LogP contribution in [0.2, 0.25) is 5.02 Å². The number of carbonyl (C=O) groups is 2. The predicted octanol–water partition coefficient (Wildman–Crippen LogP) is 3.76. The third-order valence-electron chi connectivity index (χ3n) is 3.72. The van der Waals surface area contributed by atoms with Gasteiger partial charge >= 0.3 is 0 Å². The molecule has 7 nitrogen and oxygen atoms in total. The smallest absolute Gasteiger partial charge is 0.270 e. The van der Waals surface area contributed by atoms with E-state index in [1.165, 1.54) is 13.3 Å². The highest BCUT2D eigenvalue weighted by Crippen LogP contribution is 2.19. The number of rotatable bonds is 6. The molecule has 3 N–H and O–H groups in total. The molecule has 0 spiro atoms. The number of carbonyl (C=O) groups excluding carboxylic acids is 2. The number of benzene rings is 2. The number of aromatic nitrogens is 2. The van der Waals surface area contributed by atoms with Crippen molar-refractivity contribution in [3.8, 4) is 0 Å². The molecule has 0 saturated carbocycles. The second-order valence-corrected chi connectivity index (χ2v) is 6.42. The first-order valence-corrected chi connectivity index (χ1v) is 8.87. The second-order valence-electron chi connectivity index (χ2n) is 5.98. The van der Waals surface area contributed by atoms with Gasteiger partial charge in [0.1, 0.15) is 17.8 Å². The van der Waals surface area contributed by atoms with Gasteiger partial charge in [-0.05, 0) is 35.9 Å². The maximum absolute atomic E-state index is 12.4. The number of nitrogens with zero attached hydrogens (tertiary/aromatic N) is 2. The molecule has 0 atom stereocenters. The van der Waals surface area contributed by atoms with Gasteiger partial charge in [-0.2, -0.15) is 0 Å². The highest BCUT2D eigenvalue weighted by Gasteiger charge is 2.09. The number of nitrogens with one attached hydrogen (secondary N) is 3. The van der Waals surface area contributed by atoms with Crippen molar-refractivity contribution in [3.63, 3.8) is 0 Å². The van der Waals surface area contributed by atoms with Crippen molar-refractivity contribution < 1.29 is 9.59 Å². The van der Waals surface area contributed by atoms with E-state index in [1.807, 2.05) is 18.2 Å². The van der Waals surface area contributed by atoms with E-state index in [0.29, 0.717) is 23.1 Å². The van der Waals surface area contributed by atoms with Crippen LogP contribution in [0.25, 0.3) is 0 Å². The van der Waals surface area contributed by atoms with Crippen molar-refractivity contribution in [2.75, 3.05) is 10.6 Å². The first-order chi connectivity index (χ1) is 13.5. The summed E-state index contributed by atoms with van der Waals surface area (Å²) in [5.74, 6) is -0.00199. The number of hydrogen-bond donors (Lipinski definition) is 3. The molecule has 142 valence electrons. The van der Waals surface area contributed by atoms with Crippen LogP contribution in [0.5, 0.6) is 0 Å². The first kappa shape index (κ1) is 19.3. The maximum Gasteiger partial charge on any atom is 0.270 e. The van der Waals surface area contributed by atoms with Gasteiger partial charge < -0.3 is 16.0 Å². The van der Waals surface area contributed by atoms with E-state index < -0.39 is 0 Å². The summed E-state index contributed by atoms with van der Waals surface area (Å²) in [6.07, 6.45) is 1.32. The zero-order chi connectivity index (χ0) is 19.9. The van der Waals surface area contributed by atoms with Crippen LogP contribution in [0.3, 0.4) is 0 Å². The molecule has 8 heteroatoms. The minimum Gasteiger partial charge on any atom is -0.347 e. The molecular weight excluding hydrogens is 378 g/mol. The summed E-state index contributed by atoms with van der Waals surface area (Å²) in [5, 5.41) is 9.26. The lowest BCUT2D eigenvalue weighted by molar-refractivity contribution is -0.114. The molecule has 0 saturated heterocycles. The van der Waals surface area contributed by atoms with Crippen LogP contribution >= 0.6 is 11.6 Å². The summed E-state index contributed by atoms with van der Waals surface area (Å²) in [6, 6.07) is 16.0. The molecule has 0 aliphatic carbocycles. The van der Waals surface area contributed by atoms with Crippen molar-refractivity contribution in [2.24, 2.45) is 0 Å². The highest BCUT2D eigenvalue weighted by atomic mass is 35.5. The van der Waals surface area contributed by atoms with Crippen molar-refractivity contribution in [1.29, 1.82) is 0 Å². The van der Waals surface area contributed by atoms with E-state index in [-0.39, 0.29) is 17.5 Å². The minimum absolute atomic E-state index is 0.154. The molecule has 0 radical (unpaired) electrons. The van der Waals surface area contributed by atoms with Gasteiger partial charge in [0.05, 0.1) is 0 Å². The summed E-state index contributed by atoms with van der Waals surface area (Å²) in [5.41, 5.74) is 2.55. The molecule has 1 aromatic heterocycles. The highest BCUT2D eigenvalue weighted by molar-refractivity contribution is 6.30. The number of anilines is 3. The van der Waals surface area contributed by atoms with E-state index >= 15 is 0 Å². The Kier molecular flexibility index (Phi) is 6.18. The van der Waals surface area contributed by atoms with Crippen molar-refractivity contribution in [2.45, 2.75) is 13.5 Å². The Bertz CT molecular complexity index is 992. The van der Waals surface area contributed by atoms with Crippen molar-refractivity contribution >= 4 is 40.6 Å². The van der Waals surface area contributed by atoms with Crippen LogP contribution in [0, 0.1) is 0 Å². The van der Waals surface area contributed by atoms with E-state index in [2.05, 4.69) is 25.9 Å². The molecule has 0 fully saturated rings. The van der Waals surface area contributed by atoms with Gasteiger partial charge in [0.15, 0.2) is 0 Å². The van der Waals surface area contributed by atoms with Crippen molar-refractivity contribution in [3.05, 3.63) is 77.2 Å². The van der Waals surface area contributed by atoms with E-state index in [4.69, 9.17) is 11.6 Å². The Morgan fingerprint density at radius 1 is 1.00 bits per heavy atom. The minimum atomic E-state index is -0.313. The fourth-order valence-corrected chi connectivity index (χ4v) is 2.58. The van der Waals surface area contributed by atoms with Crippen LogP contribution in [0.4, 0.5) is 17.2 Å². The van der Waals surface area contributed by atoms with Gasteiger partial charge in [0.25, 0.3) is 5.91 Å². The Balaban J connectivity index is 1.65. The average molecular weight is 396 g/mol. The van der Waals surface area contributed by atoms with Crippen molar-refractivity contribution in [1.82, 2.24) is 15.3 Å². The summed E-state index contributed by atoms with van der Waals surface area (Å²) >= 11 is 5.86. The summed E-state index contributed by atoms with van der Waals surface area (Å²) in [7, 11) is 0. The summed E-state index contributed by atoms with van der Waals surface area (Å²) in [4.78, 5) is 31.7. The van der Waals surface area contributed by atoms with E-state index in [1.54, 1.807) is 36.4 Å². The lowest BCUT2D eigenvalue weighted by Gasteiger charge is -2.09. The predicted molar refractivity (Wildman–Crippen MR) is 109 cm³/mol. The van der Waals surface area contributed by atoms with Gasteiger partial charge in [-0.15, -0.1) is 0 Å². The van der Waals surface area contributed by atoms with Crippen LogP contribution in [-0.2, 0) is 11.3 Å². The monoisotopic (exact) mass is 395 g/mol. The SMILES string of the molecule is CC(=O)Nc1cccc(Nc2cc(C(=O)NCc3ccc(Cl)cc3)ncn2)c1. The number of halogens is 1. The summed E-state index contributed by atoms with van der Waals surface area (Å²) < 4.78 is 0. The van der Waals surface area contributed by atoms with E-state index in [9.17, 15) is 9.59 Å². The Morgan fingerprint density at radius 3 is 2.50 bits per heavy atom. The Labute approximate surface area is 167 Å². The fourth-order valence-electron chi connectivity index (χ4n) is 2.45. The van der Waals surface area contributed by atoms with Gasteiger partial charge in [-0.1, -0.05) is 29.8 Å². The molecule has 2 aromatic carbocycles. The molecule has 28 heavy (non-hydrogen) atoms. The summed E-state index contributed by atoms with van der Waals surface area (Å²) in [6.45, 7) is 1.81. The topological polar surface area (TPSA) is 96.0 Å². The molecule has 0 unspecified atom stereocenters. The zero-order valence-corrected chi connectivity index (χ0v) is 15.8. The van der Waals surface area contributed by atoms with Gasteiger partial charge in [0.2, 0.25) is 5.91 Å². The van der Waals surface area contributed by atoms with Crippen LogP contribution in [-0.4, -0.2) is 21.8 Å². The normalized spacial score (nSPS) is 10.2. The van der Waals surface area contributed by atoms with Crippen LogP contribution in [0.1, 0.15) is 23.0 Å². The lowest BCUT2D eigenvalue weighted by Crippen LogP contribution is -2.24. The quantitative estimate of drug-likeness (QED) is 0.590. The third-order valence-corrected chi connectivity index (χ3v) is 3.97. The molecule has 2 amide bonds. The molecule has 3 aromatic rings. The van der Waals surface area contributed by atoms with Crippen LogP contribution < -0.4 is 16.0 Å². The third kappa shape index (κ3) is 5.52. The van der Waals surface area contributed by atoms with Crippen LogP contribution in [0.15, 0.2) is 60.9 Å². The zero-order valence-electron chi connectivity index (χ0n) is 15.1. The molecule has 0 aliphatic rings. The Morgan fingerprint density at radius 2 is 1.75 bits per heavy atom. The second kappa shape index (κ2) is 8.96. The Hall–Kier alpha value is -3.45. The first-order valence-electron chi connectivity index (χ1n) is 8.49. The maximum atomic E-state index is 12.4. The standard InChI is InChI=1S/C20H18ClN5O2/c1-13(27)25-16-3-2-4-17(9-16)26-19-10-18(23-12-24-19)20(28)22-11-14-5-7-15(21)8-6-14/h2-10,12H,11H2,1H3,(H,22,28)(H,25,27)(H,23,24,26). The largest absolute Gasteiger partial charge is 0.347 e. The lowest BCUT2D eigenvalue weighted by atomic mass is 10.2. The van der Waals surface area contributed by atoms with E-state index in [0.717, 1.165) is 11.3 Å². The number of amides is 2. The molecule has 1 heterocycles. The molecular formula is C20H18ClN5O2. The molecule has 3 rings (SSSR count). The average Bonchev–Trinajstić information content (AvgIpc) is 2.67. The van der Waals surface area contributed by atoms with Gasteiger partial charge in [0, 0.05) is 35.9 Å². The molecule has 0 aliphatic heterocycles.